The number of aliphatic hydroxyl groups is 1. The molecule has 1 heterocycles. The molecular formula is C13H22N2O3S. The molecule has 1 aromatic rings. The SMILES string of the molecule is Cc1noc(C)c1CSCC(=O)NCC(C)(C)CO. The topological polar surface area (TPSA) is 75.4 Å². The Bertz CT molecular complexity index is 410. The van der Waals surface area contributed by atoms with Gasteiger partial charge in [-0.1, -0.05) is 19.0 Å². The van der Waals surface area contributed by atoms with Gasteiger partial charge in [0.1, 0.15) is 5.76 Å². The highest BCUT2D eigenvalue weighted by Gasteiger charge is 2.17. The first kappa shape index (κ1) is 16.0. The van der Waals surface area contributed by atoms with Gasteiger partial charge in [0.2, 0.25) is 5.91 Å². The largest absolute Gasteiger partial charge is 0.396 e. The molecule has 0 aliphatic carbocycles. The summed E-state index contributed by atoms with van der Waals surface area (Å²) >= 11 is 1.53. The second kappa shape index (κ2) is 6.96. The normalized spacial score (nSPS) is 11.6. The second-order valence-electron chi connectivity index (χ2n) is 5.39. The van der Waals surface area contributed by atoms with Crippen molar-refractivity contribution in [3.8, 4) is 0 Å². The monoisotopic (exact) mass is 286 g/mol. The molecule has 0 bridgehead atoms. The summed E-state index contributed by atoms with van der Waals surface area (Å²) in [6.45, 7) is 8.12. The number of aromatic nitrogens is 1. The summed E-state index contributed by atoms with van der Waals surface area (Å²) in [4.78, 5) is 11.7. The molecule has 108 valence electrons. The Morgan fingerprint density at radius 2 is 2.16 bits per heavy atom. The average molecular weight is 286 g/mol. The summed E-state index contributed by atoms with van der Waals surface area (Å²) in [5.41, 5.74) is 1.67. The van der Waals surface area contributed by atoms with Crippen LogP contribution in [0.25, 0.3) is 0 Å². The Morgan fingerprint density at radius 3 is 2.68 bits per heavy atom. The number of thioether (sulfide) groups is 1. The van der Waals surface area contributed by atoms with Gasteiger partial charge in [0.15, 0.2) is 0 Å². The predicted octanol–water partition coefficient (Wildman–Crippen LogP) is 1.66. The summed E-state index contributed by atoms with van der Waals surface area (Å²) in [5, 5.41) is 15.8. The van der Waals surface area contributed by atoms with E-state index >= 15 is 0 Å². The summed E-state index contributed by atoms with van der Waals surface area (Å²) < 4.78 is 5.07. The smallest absolute Gasteiger partial charge is 0.230 e. The van der Waals surface area contributed by atoms with E-state index in [1.54, 1.807) is 0 Å². The zero-order valence-corrected chi connectivity index (χ0v) is 12.8. The predicted molar refractivity (Wildman–Crippen MR) is 76.0 cm³/mol. The van der Waals surface area contributed by atoms with Crippen molar-refractivity contribution < 1.29 is 14.4 Å². The van der Waals surface area contributed by atoms with Crippen molar-refractivity contribution in [1.82, 2.24) is 10.5 Å². The first-order chi connectivity index (χ1) is 8.85. The standard InChI is InChI=1S/C13H22N2O3S/c1-9-11(10(2)18-15-9)5-19-6-12(17)14-7-13(3,4)8-16/h16H,5-8H2,1-4H3,(H,14,17). The molecule has 1 rings (SSSR count). The molecule has 6 heteroatoms. The van der Waals surface area contributed by atoms with Gasteiger partial charge >= 0.3 is 0 Å². The van der Waals surface area contributed by atoms with E-state index in [0.29, 0.717) is 12.3 Å². The third kappa shape index (κ3) is 5.24. The highest BCUT2D eigenvalue weighted by molar-refractivity contribution is 7.99. The molecule has 0 saturated carbocycles. The minimum Gasteiger partial charge on any atom is -0.396 e. The minimum absolute atomic E-state index is 0.0155. The molecule has 1 aromatic heterocycles. The summed E-state index contributed by atoms with van der Waals surface area (Å²) in [5.74, 6) is 1.91. The van der Waals surface area contributed by atoms with Crippen LogP contribution in [0.3, 0.4) is 0 Å². The highest BCUT2D eigenvalue weighted by atomic mass is 32.2. The molecular weight excluding hydrogens is 264 g/mol. The molecule has 0 aliphatic heterocycles. The number of hydrogen-bond donors (Lipinski definition) is 2. The molecule has 5 nitrogen and oxygen atoms in total. The average Bonchev–Trinajstić information content (AvgIpc) is 2.68. The summed E-state index contributed by atoms with van der Waals surface area (Å²) in [6.07, 6.45) is 0. The summed E-state index contributed by atoms with van der Waals surface area (Å²) in [6, 6.07) is 0. The van der Waals surface area contributed by atoms with Crippen molar-refractivity contribution in [3.63, 3.8) is 0 Å². The van der Waals surface area contributed by atoms with E-state index in [9.17, 15) is 4.79 Å². The van der Waals surface area contributed by atoms with Crippen LogP contribution in [0.5, 0.6) is 0 Å². The number of nitrogens with one attached hydrogen (secondary N) is 1. The van der Waals surface area contributed by atoms with Gasteiger partial charge < -0.3 is 14.9 Å². The number of aliphatic hydroxyl groups excluding tert-OH is 1. The molecule has 0 saturated heterocycles. The van der Waals surface area contributed by atoms with Gasteiger partial charge in [-0.3, -0.25) is 4.79 Å². The zero-order valence-electron chi connectivity index (χ0n) is 11.9. The number of hydrogen-bond acceptors (Lipinski definition) is 5. The van der Waals surface area contributed by atoms with E-state index in [-0.39, 0.29) is 17.9 Å². The minimum atomic E-state index is -0.276. The molecule has 1 amide bonds. The van der Waals surface area contributed by atoms with Crippen molar-refractivity contribution in [3.05, 3.63) is 17.0 Å². The molecule has 0 fully saturated rings. The zero-order chi connectivity index (χ0) is 14.5. The van der Waals surface area contributed by atoms with Gasteiger partial charge in [-0.05, 0) is 13.8 Å². The first-order valence-corrected chi connectivity index (χ1v) is 7.38. The maximum Gasteiger partial charge on any atom is 0.230 e. The van der Waals surface area contributed by atoms with Crippen LogP contribution in [-0.4, -0.2) is 35.1 Å². The lowest BCUT2D eigenvalue weighted by atomic mass is 9.95. The molecule has 0 spiro atoms. The van der Waals surface area contributed by atoms with Crippen LogP contribution in [-0.2, 0) is 10.5 Å². The number of rotatable bonds is 7. The van der Waals surface area contributed by atoms with Crippen LogP contribution in [0.1, 0.15) is 30.9 Å². The molecule has 0 atom stereocenters. The van der Waals surface area contributed by atoms with Gasteiger partial charge in [-0.2, -0.15) is 0 Å². The van der Waals surface area contributed by atoms with E-state index < -0.39 is 0 Å². The number of carbonyl (C=O) groups is 1. The van der Waals surface area contributed by atoms with E-state index in [4.69, 9.17) is 9.63 Å². The fourth-order valence-electron chi connectivity index (χ4n) is 1.40. The fraction of sp³-hybridized carbons (Fsp3) is 0.692. The van der Waals surface area contributed by atoms with Crippen molar-refractivity contribution in [1.29, 1.82) is 0 Å². The van der Waals surface area contributed by atoms with Gasteiger partial charge in [-0.25, -0.2) is 0 Å². The van der Waals surface area contributed by atoms with Crippen molar-refractivity contribution in [2.24, 2.45) is 5.41 Å². The second-order valence-corrected chi connectivity index (χ2v) is 6.38. The van der Waals surface area contributed by atoms with E-state index in [1.807, 2.05) is 27.7 Å². The fourth-order valence-corrected chi connectivity index (χ4v) is 2.40. The van der Waals surface area contributed by atoms with Gasteiger partial charge in [-0.15, -0.1) is 11.8 Å². The number of amides is 1. The number of nitrogens with zero attached hydrogens (tertiary/aromatic N) is 1. The van der Waals surface area contributed by atoms with Crippen molar-refractivity contribution in [2.45, 2.75) is 33.4 Å². The Morgan fingerprint density at radius 1 is 1.47 bits per heavy atom. The molecule has 2 N–H and O–H groups in total. The van der Waals surface area contributed by atoms with Crippen molar-refractivity contribution >= 4 is 17.7 Å². The van der Waals surface area contributed by atoms with Gasteiger partial charge in [0.25, 0.3) is 0 Å². The Hall–Kier alpha value is -1.01. The molecule has 0 radical (unpaired) electrons. The lowest BCUT2D eigenvalue weighted by molar-refractivity contribution is -0.119. The quantitative estimate of drug-likeness (QED) is 0.797. The van der Waals surface area contributed by atoms with Crippen LogP contribution < -0.4 is 5.32 Å². The molecule has 0 unspecified atom stereocenters. The van der Waals surface area contributed by atoms with Crippen LogP contribution in [0.4, 0.5) is 0 Å². The third-order valence-corrected chi connectivity index (χ3v) is 3.81. The van der Waals surface area contributed by atoms with Crippen LogP contribution in [0.15, 0.2) is 4.52 Å². The number of carbonyl (C=O) groups excluding carboxylic acids is 1. The maximum absolute atomic E-state index is 11.7. The summed E-state index contributed by atoms with van der Waals surface area (Å²) in [7, 11) is 0. The van der Waals surface area contributed by atoms with Crippen LogP contribution >= 0.6 is 11.8 Å². The van der Waals surface area contributed by atoms with Gasteiger partial charge in [0, 0.05) is 29.9 Å². The van der Waals surface area contributed by atoms with Crippen molar-refractivity contribution in [2.75, 3.05) is 18.9 Å². The van der Waals surface area contributed by atoms with Crippen LogP contribution in [0.2, 0.25) is 0 Å². The van der Waals surface area contributed by atoms with E-state index in [0.717, 1.165) is 22.8 Å². The lowest BCUT2D eigenvalue weighted by Crippen LogP contribution is -2.36. The molecule has 19 heavy (non-hydrogen) atoms. The van der Waals surface area contributed by atoms with Gasteiger partial charge in [0.05, 0.1) is 11.4 Å². The van der Waals surface area contributed by atoms with E-state index in [2.05, 4.69) is 10.5 Å². The highest BCUT2D eigenvalue weighted by Crippen LogP contribution is 2.19. The lowest BCUT2D eigenvalue weighted by Gasteiger charge is -2.21. The first-order valence-electron chi connectivity index (χ1n) is 6.23. The third-order valence-electron chi connectivity index (χ3n) is 2.85. The van der Waals surface area contributed by atoms with E-state index in [1.165, 1.54) is 11.8 Å². The Labute approximate surface area is 118 Å². The maximum atomic E-state index is 11.7. The molecule has 0 aromatic carbocycles. The Balaban J connectivity index is 2.28. The number of aryl methyl sites for hydroxylation is 2. The molecule has 0 aliphatic rings. The van der Waals surface area contributed by atoms with Crippen LogP contribution in [0, 0.1) is 19.3 Å². The Kier molecular flexibility index (Phi) is 5.87.